The Morgan fingerprint density at radius 1 is 1.38 bits per heavy atom. The van der Waals surface area contributed by atoms with Crippen LogP contribution in [0.1, 0.15) is 37.6 Å². The number of nitrogens with two attached hydrogens (primary N) is 1. The maximum absolute atomic E-state index is 13.3. The highest BCUT2D eigenvalue weighted by atomic mass is 79.9. The van der Waals surface area contributed by atoms with Crippen LogP contribution in [-0.4, -0.2) is 16.1 Å². The average molecular weight is 414 g/mol. The zero-order valence-corrected chi connectivity index (χ0v) is 16.0. The summed E-state index contributed by atoms with van der Waals surface area (Å²) < 4.78 is 6.38. The van der Waals surface area contributed by atoms with Crippen molar-refractivity contribution in [2.75, 3.05) is 5.32 Å². The van der Waals surface area contributed by atoms with E-state index in [0.717, 1.165) is 10.2 Å². The molecule has 26 heavy (non-hydrogen) atoms. The van der Waals surface area contributed by atoms with E-state index in [0.29, 0.717) is 16.8 Å². The van der Waals surface area contributed by atoms with Crippen LogP contribution in [0.15, 0.2) is 34.1 Å². The number of hydrogen-bond donors (Lipinski definition) is 3. The van der Waals surface area contributed by atoms with Crippen LogP contribution in [0.3, 0.4) is 0 Å². The van der Waals surface area contributed by atoms with Crippen LogP contribution in [0.4, 0.5) is 5.69 Å². The lowest BCUT2D eigenvalue weighted by Crippen LogP contribution is -2.43. The average Bonchev–Trinajstić information content (AvgIpc) is 3.09. The number of aromatic nitrogens is 2. The molecule has 2 aliphatic heterocycles. The van der Waals surface area contributed by atoms with E-state index >= 15 is 0 Å². The van der Waals surface area contributed by atoms with Crippen molar-refractivity contribution in [1.82, 2.24) is 10.2 Å². The third-order valence-corrected chi connectivity index (χ3v) is 5.27. The number of nitrogens with one attached hydrogen (secondary N) is 2. The van der Waals surface area contributed by atoms with Gasteiger partial charge in [0.2, 0.25) is 17.7 Å². The van der Waals surface area contributed by atoms with Crippen molar-refractivity contribution in [3.63, 3.8) is 0 Å². The molecule has 1 aromatic carbocycles. The Hall–Kier alpha value is -2.79. The van der Waals surface area contributed by atoms with Gasteiger partial charge in [0.05, 0.1) is 5.56 Å². The minimum atomic E-state index is -1.40. The fraction of sp³-hybridized carbons (Fsp3) is 0.278. The maximum atomic E-state index is 13.3. The fourth-order valence-corrected chi connectivity index (χ4v) is 4.03. The van der Waals surface area contributed by atoms with Crippen LogP contribution in [0.5, 0.6) is 5.88 Å². The summed E-state index contributed by atoms with van der Waals surface area (Å²) in [5.41, 5.74) is 6.85. The van der Waals surface area contributed by atoms with E-state index in [4.69, 9.17) is 10.5 Å². The number of carbonyl (C=O) groups excluding carboxylic acids is 1. The van der Waals surface area contributed by atoms with Gasteiger partial charge in [0, 0.05) is 26.8 Å². The molecule has 0 radical (unpaired) electrons. The number of amides is 1. The molecule has 1 atom stereocenters. The Kier molecular flexibility index (Phi) is 3.28. The van der Waals surface area contributed by atoms with Gasteiger partial charge in [0.25, 0.3) is 0 Å². The SMILES string of the molecule is CC(C)(C)c1[nH]nc2c1[C@@]1(C(=O)Nc3ccc(Br)cc31)C(C#N)=C(N)O2. The summed E-state index contributed by atoms with van der Waals surface area (Å²) in [5, 5.41) is 20.0. The first-order valence-corrected chi connectivity index (χ1v) is 8.79. The maximum Gasteiger partial charge on any atom is 0.245 e. The van der Waals surface area contributed by atoms with Crippen LogP contribution >= 0.6 is 15.9 Å². The normalized spacial score (nSPS) is 21.1. The van der Waals surface area contributed by atoms with Crippen molar-refractivity contribution in [2.45, 2.75) is 31.6 Å². The number of fused-ring (bicyclic) bond motifs is 4. The van der Waals surface area contributed by atoms with E-state index in [9.17, 15) is 10.1 Å². The third-order valence-electron chi connectivity index (χ3n) is 4.77. The van der Waals surface area contributed by atoms with Crippen molar-refractivity contribution in [3.8, 4) is 11.9 Å². The van der Waals surface area contributed by atoms with Gasteiger partial charge in [-0.05, 0) is 18.2 Å². The number of anilines is 1. The topological polar surface area (TPSA) is 117 Å². The zero-order valence-electron chi connectivity index (χ0n) is 14.4. The number of halogens is 1. The molecule has 1 spiro atoms. The van der Waals surface area contributed by atoms with Gasteiger partial charge in [0.1, 0.15) is 17.1 Å². The van der Waals surface area contributed by atoms with Crippen LogP contribution in [0, 0.1) is 11.3 Å². The van der Waals surface area contributed by atoms with Crippen LogP contribution in [0.25, 0.3) is 0 Å². The molecule has 7 nitrogen and oxygen atoms in total. The van der Waals surface area contributed by atoms with E-state index < -0.39 is 5.41 Å². The van der Waals surface area contributed by atoms with E-state index in [-0.39, 0.29) is 28.7 Å². The Balaban J connectivity index is 2.18. The molecule has 3 heterocycles. The largest absolute Gasteiger partial charge is 0.420 e. The van der Waals surface area contributed by atoms with Crippen LogP contribution < -0.4 is 15.8 Å². The van der Waals surface area contributed by atoms with Gasteiger partial charge >= 0.3 is 0 Å². The molecule has 0 saturated heterocycles. The second kappa shape index (κ2) is 5.11. The van der Waals surface area contributed by atoms with Crippen molar-refractivity contribution in [3.05, 3.63) is 50.9 Å². The predicted molar refractivity (Wildman–Crippen MR) is 98.3 cm³/mol. The Labute approximate surface area is 158 Å². The Morgan fingerprint density at radius 2 is 2.12 bits per heavy atom. The first-order valence-electron chi connectivity index (χ1n) is 8.00. The highest BCUT2D eigenvalue weighted by molar-refractivity contribution is 9.10. The first-order chi connectivity index (χ1) is 12.2. The molecule has 2 aliphatic rings. The molecule has 132 valence electrons. The Morgan fingerprint density at radius 3 is 2.77 bits per heavy atom. The van der Waals surface area contributed by atoms with Gasteiger partial charge in [-0.1, -0.05) is 36.7 Å². The number of rotatable bonds is 0. The van der Waals surface area contributed by atoms with E-state index in [2.05, 4.69) is 37.5 Å². The van der Waals surface area contributed by atoms with Gasteiger partial charge in [0.15, 0.2) is 0 Å². The molecular formula is C18H16BrN5O2. The van der Waals surface area contributed by atoms with Crippen molar-refractivity contribution >= 4 is 27.5 Å². The molecule has 0 saturated carbocycles. The number of ether oxygens (including phenoxy) is 1. The zero-order chi connectivity index (χ0) is 18.9. The molecule has 0 unspecified atom stereocenters. The summed E-state index contributed by atoms with van der Waals surface area (Å²) in [6, 6.07) is 7.55. The molecule has 1 amide bonds. The lowest BCUT2D eigenvalue weighted by Gasteiger charge is -2.34. The quantitative estimate of drug-likeness (QED) is 0.613. The highest BCUT2D eigenvalue weighted by Gasteiger charge is 2.59. The number of H-pyrrole nitrogens is 1. The Bertz CT molecular complexity index is 1040. The minimum absolute atomic E-state index is 0.0613. The van der Waals surface area contributed by atoms with Gasteiger partial charge < -0.3 is 15.8 Å². The summed E-state index contributed by atoms with van der Waals surface area (Å²) in [6.45, 7) is 5.99. The highest BCUT2D eigenvalue weighted by Crippen LogP contribution is 2.55. The number of nitriles is 1. The number of aromatic amines is 1. The number of hydrogen-bond acceptors (Lipinski definition) is 5. The van der Waals surface area contributed by atoms with Gasteiger partial charge in [-0.3, -0.25) is 9.89 Å². The predicted octanol–water partition coefficient (Wildman–Crippen LogP) is 2.79. The van der Waals surface area contributed by atoms with Gasteiger partial charge in [-0.2, -0.15) is 5.26 Å². The summed E-state index contributed by atoms with van der Waals surface area (Å²) in [6.07, 6.45) is 0. The molecule has 0 aliphatic carbocycles. The lowest BCUT2D eigenvalue weighted by molar-refractivity contribution is -0.118. The number of benzene rings is 1. The molecule has 0 fully saturated rings. The smallest absolute Gasteiger partial charge is 0.245 e. The van der Waals surface area contributed by atoms with E-state index in [1.165, 1.54) is 0 Å². The van der Waals surface area contributed by atoms with Crippen molar-refractivity contribution < 1.29 is 9.53 Å². The standard InChI is InChI=1S/C18H16BrN5O2/c1-17(2,3)13-12-15(24-23-13)26-14(21)10(7-20)18(12)9-6-8(19)4-5-11(9)22-16(18)25/h4-6H,21H2,1-3H3,(H,22,25)(H,23,24)/t18-/m0/s1. The molecular weight excluding hydrogens is 398 g/mol. The second-order valence-electron chi connectivity index (χ2n) is 7.38. The van der Waals surface area contributed by atoms with Gasteiger partial charge in [-0.25, -0.2) is 0 Å². The van der Waals surface area contributed by atoms with E-state index in [1.807, 2.05) is 32.9 Å². The van der Waals surface area contributed by atoms with Gasteiger partial charge in [-0.15, -0.1) is 5.10 Å². The molecule has 4 rings (SSSR count). The van der Waals surface area contributed by atoms with Crippen molar-refractivity contribution in [1.29, 1.82) is 5.26 Å². The molecule has 1 aromatic heterocycles. The first kappa shape index (κ1) is 16.7. The monoisotopic (exact) mass is 413 g/mol. The van der Waals surface area contributed by atoms with E-state index in [1.54, 1.807) is 6.07 Å². The lowest BCUT2D eigenvalue weighted by atomic mass is 9.67. The second-order valence-corrected chi connectivity index (χ2v) is 8.29. The summed E-state index contributed by atoms with van der Waals surface area (Å²) in [5.74, 6) is -0.245. The van der Waals surface area contributed by atoms with Crippen LogP contribution in [0.2, 0.25) is 0 Å². The molecule has 0 bridgehead atoms. The molecule has 8 heteroatoms. The summed E-state index contributed by atoms with van der Waals surface area (Å²) in [7, 11) is 0. The van der Waals surface area contributed by atoms with Crippen molar-refractivity contribution in [2.24, 2.45) is 5.73 Å². The number of carbonyl (C=O) groups is 1. The van der Waals surface area contributed by atoms with Crippen LogP contribution in [-0.2, 0) is 15.6 Å². The fourth-order valence-electron chi connectivity index (χ4n) is 3.66. The third kappa shape index (κ3) is 1.92. The summed E-state index contributed by atoms with van der Waals surface area (Å²) >= 11 is 3.46. The molecule has 2 aromatic rings. The summed E-state index contributed by atoms with van der Waals surface area (Å²) in [4.78, 5) is 13.3. The minimum Gasteiger partial charge on any atom is -0.420 e. The molecule has 4 N–H and O–H groups in total. The number of nitrogens with zero attached hydrogens (tertiary/aromatic N) is 2.